The summed E-state index contributed by atoms with van der Waals surface area (Å²) >= 11 is 0. The molecule has 1 aromatic carbocycles. The third-order valence-electron chi connectivity index (χ3n) is 3.40. The van der Waals surface area contributed by atoms with Crippen LogP contribution in [-0.4, -0.2) is 28.3 Å². The summed E-state index contributed by atoms with van der Waals surface area (Å²) in [5, 5.41) is 10.8. The summed E-state index contributed by atoms with van der Waals surface area (Å²) in [5.41, 5.74) is 12.3. The van der Waals surface area contributed by atoms with E-state index < -0.39 is 4.92 Å². The summed E-state index contributed by atoms with van der Waals surface area (Å²) in [6.07, 6.45) is 1.62. The van der Waals surface area contributed by atoms with E-state index in [0.29, 0.717) is 17.8 Å². The Kier molecular flexibility index (Phi) is 3.66. The lowest BCUT2D eigenvalue weighted by Crippen LogP contribution is -2.39. The molecule has 1 amide bonds. The maximum absolute atomic E-state index is 11.3. The van der Waals surface area contributed by atoms with E-state index in [9.17, 15) is 14.9 Å². The molecule has 0 bridgehead atoms. The van der Waals surface area contributed by atoms with Crippen molar-refractivity contribution in [1.29, 1.82) is 0 Å². The molecule has 0 radical (unpaired) electrons. The number of nitrogen functional groups attached to an aromatic ring is 1. The molecule has 0 aromatic heterocycles. The minimum absolute atomic E-state index is 0.000906. The maximum atomic E-state index is 11.3. The monoisotopic (exact) mass is 264 g/mol. The molecule has 1 fully saturated rings. The van der Waals surface area contributed by atoms with E-state index in [1.165, 1.54) is 18.2 Å². The SMILES string of the molecule is NC(=O)C1CCCN1Cc1cc([N+](=O)[O-])ccc1N. The number of rotatable bonds is 4. The van der Waals surface area contributed by atoms with Gasteiger partial charge in [0.1, 0.15) is 0 Å². The van der Waals surface area contributed by atoms with E-state index in [-0.39, 0.29) is 17.6 Å². The molecule has 0 saturated carbocycles. The van der Waals surface area contributed by atoms with Crippen molar-refractivity contribution in [2.45, 2.75) is 25.4 Å². The van der Waals surface area contributed by atoms with Gasteiger partial charge in [0.05, 0.1) is 11.0 Å². The van der Waals surface area contributed by atoms with E-state index in [0.717, 1.165) is 19.4 Å². The molecule has 7 heteroatoms. The molecule has 1 saturated heterocycles. The first-order valence-corrected chi connectivity index (χ1v) is 6.05. The fourth-order valence-corrected chi connectivity index (χ4v) is 2.40. The van der Waals surface area contributed by atoms with Gasteiger partial charge in [-0.3, -0.25) is 19.8 Å². The number of primary amides is 1. The van der Waals surface area contributed by atoms with Gasteiger partial charge in [-0.15, -0.1) is 0 Å². The van der Waals surface area contributed by atoms with Crippen LogP contribution >= 0.6 is 0 Å². The van der Waals surface area contributed by atoms with Crippen LogP contribution in [0.2, 0.25) is 0 Å². The van der Waals surface area contributed by atoms with Crippen molar-refractivity contribution in [1.82, 2.24) is 4.90 Å². The smallest absolute Gasteiger partial charge is 0.269 e. The van der Waals surface area contributed by atoms with Crippen molar-refractivity contribution in [2.75, 3.05) is 12.3 Å². The van der Waals surface area contributed by atoms with Gasteiger partial charge in [-0.2, -0.15) is 0 Å². The number of carbonyl (C=O) groups is 1. The minimum atomic E-state index is -0.460. The van der Waals surface area contributed by atoms with E-state index in [1.54, 1.807) is 0 Å². The third kappa shape index (κ3) is 2.82. The number of hydrogen-bond donors (Lipinski definition) is 2. The molecular weight excluding hydrogens is 248 g/mol. The van der Waals surface area contributed by atoms with Crippen molar-refractivity contribution >= 4 is 17.3 Å². The zero-order valence-corrected chi connectivity index (χ0v) is 10.4. The highest BCUT2D eigenvalue weighted by Crippen LogP contribution is 2.25. The summed E-state index contributed by atoms with van der Waals surface area (Å²) in [4.78, 5) is 23.5. The lowest BCUT2D eigenvalue weighted by molar-refractivity contribution is -0.384. The largest absolute Gasteiger partial charge is 0.398 e. The Balaban J connectivity index is 2.20. The summed E-state index contributed by atoms with van der Waals surface area (Å²) in [5.74, 6) is -0.360. The van der Waals surface area contributed by atoms with Crippen molar-refractivity contribution in [3.05, 3.63) is 33.9 Å². The predicted octanol–water partition coefficient (Wildman–Crippen LogP) is 0.627. The van der Waals surface area contributed by atoms with Gasteiger partial charge >= 0.3 is 0 Å². The number of non-ortho nitro benzene ring substituents is 1. The van der Waals surface area contributed by atoms with Crippen LogP contribution in [0.25, 0.3) is 0 Å². The number of nitrogens with two attached hydrogens (primary N) is 2. The molecule has 1 unspecified atom stereocenters. The Morgan fingerprint density at radius 2 is 2.26 bits per heavy atom. The van der Waals surface area contributed by atoms with E-state index in [2.05, 4.69) is 0 Å². The van der Waals surface area contributed by atoms with Crippen LogP contribution < -0.4 is 11.5 Å². The molecule has 19 heavy (non-hydrogen) atoms. The van der Waals surface area contributed by atoms with Crippen molar-refractivity contribution in [3.8, 4) is 0 Å². The van der Waals surface area contributed by atoms with Crippen molar-refractivity contribution in [2.24, 2.45) is 5.73 Å². The highest BCUT2D eigenvalue weighted by molar-refractivity contribution is 5.80. The predicted molar refractivity (Wildman–Crippen MR) is 70.1 cm³/mol. The van der Waals surface area contributed by atoms with Gasteiger partial charge in [0.25, 0.3) is 5.69 Å². The van der Waals surface area contributed by atoms with E-state index in [4.69, 9.17) is 11.5 Å². The Labute approximate surface area is 110 Å². The van der Waals surface area contributed by atoms with Crippen LogP contribution in [0, 0.1) is 10.1 Å². The van der Waals surface area contributed by atoms with Crippen molar-refractivity contribution < 1.29 is 9.72 Å². The van der Waals surface area contributed by atoms with Crippen LogP contribution in [0.5, 0.6) is 0 Å². The Morgan fingerprint density at radius 3 is 2.89 bits per heavy atom. The number of amides is 1. The normalized spacial score (nSPS) is 19.5. The molecule has 1 heterocycles. The molecule has 1 aliphatic rings. The number of likely N-dealkylation sites (tertiary alicyclic amines) is 1. The average Bonchev–Trinajstić information content (AvgIpc) is 2.80. The fraction of sp³-hybridized carbons (Fsp3) is 0.417. The lowest BCUT2D eigenvalue weighted by atomic mass is 10.1. The average molecular weight is 264 g/mol. The molecule has 0 spiro atoms. The fourth-order valence-electron chi connectivity index (χ4n) is 2.40. The summed E-state index contributed by atoms with van der Waals surface area (Å²) in [7, 11) is 0. The minimum Gasteiger partial charge on any atom is -0.398 e. The van der Waals surface area contributed by atoms with Gasteiger partial charge in [-0.25, -0.2) is 0 Å². The Hall–Kier alpha value is -2.15. The first kappa shape index (κ1) is 13.3. The molecule has 4 N–H and O–H groups in total. The van der Waals surface area contributed by atoms with Crippen molar-refractivity contribution in [3.63, 3.8) is 0 Å². The number of carbonyl (C=O) groups excluding carboxylic acids is 1. The summed E-state index contributed by atoms with van der Waals surface area (Å²) < 4.78 is 0. The van der Waals surface area contributed by atoms with Crippen LogP contribution in [0.15, 0.2) is 18.2 Å². The molecule has 102 valence electrons. The van der Waals surface area contributed by atoms with Crippen LogP contribution in [-0.2, 0) is 11.3 Å². The second-order valence-electron chi connectivity index (χ2n) is 4.67. The van der Waals surface area contributed by atoms with Crippen LogP contribution in [0.3, 0.4) is 0 Å². The second kappa shape index (κ2) is 5.23. The van der Waals surface area contributed by atoms with Crippen LogP contribution in [0.4, 0.5) is 11.4 Å². The number of nitrogens with zero attached hydrogens (tertiary/aromatic N) is 2. The molecule has 1 atom stereocenters. The first-order chi connectivity index (χ1) is 8.99. The molecular formula is C12H16N4O3. The lowest BCUT2D eigenvalue weighted by Gasteiger charge is -2.22. The number of anilines is 1. The van der Waals surface area contributed by atoms with Crippen LogP contribution in [0.1, 0.15) is 18.4 Å². The number of nitro groups is 1. The molecule has 1 aromatic rings. The second-order valence-corrected chi connectivity index (χ2v) is 4.67. The number of benzene rings is 1. The van der Waals surface area contributed by atoms with Gasteiger partial charge in [-0.1, -0.05) is 0 Å². The number of nitro benzene ring substituents is 1. The van der Waals surface area contributed by atoms with Gasteiger partial charge in [0, 0.05) is 24.4 Å². The summed E-state index contributed by atoms with van der Waals surface area (Å²) in [6.45, 7) is 1.15. The Morgan fingerprint density at radius 1 is 1.53 bits per heavy atom. The highest BCUT2D eigenvalue weighted by Gasteiger charge is 2.29. The standard InChI is InChI=1S/C12H16N4O3/c13-10-4-3-9(16(18)19)6-8(10)7-15-5-1-2-11(15)12(14)17/h3-4,6,11H,1-2,5,7,13H2,(H2,14,17). The maximum Gasteiger partial charge on any atom is 0.269 e. The number of hydrogen-bond acceptors (Lipinski definition) is 5. The first-order valence-electron chi connectivity index (χ1n) is 6.05. The Bertz CT molecular complexity index is 518. The topological polar surface area (TPSA) is 115 Å². The molecule has 0 aliphatic carbocycles. The molecule has 1 aliphatic heterocycles. The van der Waals surface area contributed by atoms with Gasteiger partial charge in [-0.05, 0) is 31.0 Å². The highest BCUT2D eigenvalue weighted by atomic mass is 16.6. The zero-order chi connectivity index (χ0) is 14.0. The molecule has 7 nitrogen and oxygen atoms in total. The van der Waals surface area contributed by atoms with E-state index in [1.807, 2.05) is 4.90 Å². The van der Waals surface area contributed by atoms with Gasteiger partial charge < -0.3 is 11.5 Å². The molecule has 2 rings (SSSR count). The van der Waals surface area contributed by atoms with Gasteiger partial charge in [0.2, 0.25) is 5.91 Å². The van der Waals surface area contributed by atoms with E-state index >= 15 is 0 Å². The summed E-state index contributed by atoms with van der Waals surface area (Å²) in [6, 6.07) is 4.03. The zero-order valence-electron chi connectivity index (χ0n) is 10.4. The third-order valence-corrected chi connectivity index (χ3v) is 3.40. The van der Waals surface area contributed by atoms with Gasteiger partial charge in [0.15, 0.2) is 0 Å². The quantitative estimate of drug-likeness (QED) is 0.470.